The third-order valence-electron chi connectivity index (χ3n) is 4.96. The SMILES string of the molecule is Cn1nc(Nc2nc(-c3cn[nH]c3)nc3c2COC3(C)C)c2cccc(F)c21. The molecule has 8 nitrogen and oxygen atoms in total. The minimum Gasteiger partial charge on any atom is -0.364 e. The number of anilines is 2. The number of hydrogen-bond acceptors (Lipinski definition) is 6. The molecule has 1 aliphatic heterocycles. The van der Waals surface area contributed by atoms with Crippen LogP contribution >= 0.6 is 0 Å². The molecule has 3 aromatic heterocycles. The fraction of sp³-hybridized carbons (Fsp3) is 0.263. The standard InChI is InChI=1S/C19H18FN7O/c1-19(2)15-12(9-28-19)17(24-16(23-15)10-7-21-22-8-10)25-18-11-5-4-6-13(20)14(11)27(3)26-18/h4-8H,9H2,1-3H3,(H,21,22)(H,23,24,25,26). The molecule has 5 rings (SSSR count). The van der Waals surface area contributed by atoms with Gasteiger partial charge in [0.25, 0.3) is 0 Å². The predicted octanol–water partition coefficient (Wildman–Crippen LogP) is 3.40. The highest BCUT2D eigenvalue weighted by atomic mass is 19.1. The van der Waals surface area contributed by atoms with Gasteiger partial charge in [-0.15, -0.1) is 0 Å². The fourth-order valence-corrected chi connectivity index (χ4v) is 3.54. The Kier molecular flexibility index (Phi) is 3.50. The van der Waals surface area contributed by atoms with Crippen LogP contribution in [0.2, 0.25) is 0 Å². The highest BCUT2D eigenvalue weighted by Crippen LogP contribution is 2.40. The molecular weight excluding hydrogens is 361 g/mol. The average molecular weight is 379 g/mol. The molecule has 142 valence electrons. The van der Waals surface area contributed by atoms with Crippen LogP contribution in [0.4, 0.5) is 16.0 Å². The van der Waals surface area contributed by atoms with E-state index in [4.69, 9.17) is 9.72 Å². The summed E-state index contributed by atoms with van der Waals surface area (Å²) in [6, 6.07) is 4.91. The highest BCUT2D eigenvalue weighted by Gasteiger charge is 2.36. The van der Waals surface area contributed by atoms with Gasteiger partial charge in [0.1, 0.15) is 22.8 Å². The minimum atomic E-state index is -0.536. The van der Waals surface area contributed by atoms with Gasteiger partial charge in [-0.1, -0.05) is 6.07 Å². The van der Waals surface area contributed by atoms with Gasteiger partial charge in [0, 0.05) is 24.2 Å². The van der Waals surface area contributed by atoms with E-state index >= 15 is 0 Å². The first kappa shape index (κ1) is 16.8. The maximum absolute atomic E-state index is 14.2. The molecule has 1 aliphatic rings. The second-order valence-electron chi connectivity index (χ2n) is 7.24. The van der Waals surface area contributed by atoms with E-state index in [-0.39, 0.29) is 5.82 Å². The number of nitrogens with zero attached hydrogens (tertiary/aromatic N) is 5. The number of aromatic nitrogens is 6. The number of aryl methyl sites for hydroxylation is 1. The summed E-state index contributed by atoms with van der Waals surface area (Å²) in [5, 5.41) is 15.2. The van der Waals surface area contributed by atoms with Crippen LogP contribution in [0.3, 0.4) is 0 Å². The lowest BCUT2D eigenvalue weighted by atomic mass is 10.0. The number of halogens is 1. The van der Waals surface area contributed by atoms with E-state index in [0.29, 0.717) is 35.0 Å². The summed E-state index contributed by atoms with van der Waals surface area (Å²) < 4.78 is 21.7. The number of rotatable bonds is 3. The van der Waals surface area contributed by atoms with Crippen LogP contribution in [-0.2, 0) is 24.0 Å². The molecule has 0 radical (unpaired) electrons. The van der Waals surface area contributed by atoms with Crippen molar-refractivity contribution >= 4 is 22.5 Å². The third kappa shape index (κ3) is 2.47. The van der Waals surface area contributed by atoms with E-state index in [1.54, 1.807) is 25.5 Å². The van der Waals surface area contributed by atoms with Crippen molar-refractivity contribution in [2.75, 3.05) is 5.32 Å². The molecule has 2 N–H and O–H groups in total. The summed E-state index contributed by atoms with van der Waals surface area (Å²) in [5.41, 5.74) is 2.35. The zero-order valence-corrected chi connectivity index (χ0v) is 15.6. The summed E-state index contributed by atoms with van der Waals surface area (Å²) in [6.45, 7) is 4.33. The van der Waals surface area contributed by atoms with Crippen LogP contribution in [0.5, 0.6) is 0 Å². The van der Waals surface area contributed by atoms with Gasteiger partial charge < -0.3 is 10.1 Å². The molecule has 9 heteroatoms. The summed E-state index contributed by atoms with van der Waals surface area (Å²) >= 11 is 0. The zero-order valence-electron chi connectivity index (χ0n) is 15.6. The van der Waals surface area contributed by atoms with Crippen molar-refractivity contribution in [1.82, 2.24) is 29.9 Å². The second-order valence-corrected chi connectivity index (χ2v) is 7.24. The normalized spacial score (nSPS) is 15.1. The molecule has 1 aromatic carbocycles. The maximum Gasteiger partial charge on any atom is 0.165 e. The van der Waals surface area contributed by atoms with Crippen LogP contribution in [0.25, 0.3) is 22.3 Å². The first-order valence-electron chi connectivity index (χ1n) is 8.87. The molecule has 0 amide bonds. The number of benzene rings is 1. The van der Waals surface area contributed by atoms with Crippen LogP contribution in [0.15, 0.2) is 30.6 Å². The van der Waals surface area contributed by atoms with Crippen molar-refractivity contribution in [3.05, 3.63) is 47.7 Å². The van der Waals surface area contributed by atoms with Crippen molar-refractivity contribution in [2.45, 2.75) is 26.1 Å². The Balaban J connectivity index is 1.68. The molecule has 0 fully saturated rings. The molecule has 0 unspecified atom stereocenters. The molecule has 0 saturated heterocycles. The Hall–Kier alpha value is -3.33. The van der Waals surface area contributed by atoms with Crippen molar-refractivity contribution < 1.29 is 9.13 Å². The molecule has 0 spiro atoms. The topological polar surface area (TPSA) is 93.5 Å². The smallest absolute Gasteiger partial charge is 0.165 e. The molecule has 28 heavy (non-hydrogen) atoms. The third-order valence-corrected chi connectivity index (χ3v) is 4.96. The van der Waals surface area contributed by atoms with Crippen LogP contribution in [0.1, 0.15) is 25.1 Å². The van der Waals surface area contributed by atoms with E-state index in [0.717, 1.165) is 16.8 Å². The second kappa shape index (κ2) is 5.83. The lowest BCUT2D eigenvalue weighted by Gasteiger charge is -2.18. The van der Waals surface area contributed by atoms with Crippen molar-refractivity contribution in [2.24, 2.45) is 7.05 Å². The number of ether oxygens (including phenoxy) is 1. The van der Waals surface area contributed by atoms with Gasteiger partial charge in [-0.25, -0.2) is 14.4 Å². The number of aromatic amines is 1. The quantitative estimate of drug-likeness (QED) is 0.567. The Morgan fingerprint density at radius 1 is 1.25 bits per heavy atom. The monoisotopic (exact) mass is 379 g/mol. The minimum absolute atomic E-state index is 0.322. The summed E-state index contributed by atoms with van der Waals surface area (Å²) in [4.78, 5) is 9.39. The van der Waals surface area contributed by atoms with Gasteiger partial charge >= 0.3 is 0 Å². The Morgan fingerprint density at radius 2 is 2.11 bits per heavy atom. The number of H-pyrrole nitrogens is 1. The maximum atomic E-state index is 14.2. The molecule has 4 heterocycles. The van der Waals surface area contributed by atoms with E-state index in [1.807, 2.05) is 19.9 Å². The fourth-order valence-electron chi connectivity index (χ4n) is 3.54. The van der Waals surface area contributed by atoms with Crippen LogP contribution < -0.4 is 5.32 Å². The van der Waals surface area contributed by atoms with E-state index < -0.39 is 5.60 Å². The van der Waals surface area contributed by atoms with Gasteiger partial charge in [0.15, 0.2) is 11.6 Å². The number of para-hydroxylation sites is 1. The first-order valence-corrected chi connectivity index (χ1v) is 8.87. The molecule has 0 aliphatic carbocycles. The Morgan fingerprint density at radius 3 is 2.89 bits per heavy atom. The first-order chi connectivity index (χ1) is 13.4. The average Bonchev–Trinajstić information content (AvgIpc) is 3.36. The van der Waals surface area contributed by atoms with Crippen molar-refractivity contribution in [3.8, 4) is 11.4 Å². The van der Waals surface area contributed by atoms with Crippen molar-refractivity contribution in [3.63, 3.8) is 0 Å². The largest absolute Gasteiger partial charge is 0.364 e. The summed E-state index contributed by atoms with van der Waals surface area (Å²) in [6.07, 6.45) is 3.40. The van der Waals surface area contributed by atoms with Gasteiger partial charge in [0.05, 0.1) is 24.1 Å². The zero-order chi connectivity index (χ0) is 19.5. The highest BCUT2D eigenvalue weighted by molar-refractivity contribution is 5.92. The van der Waals surface area contributed by atoms with Gasteiger partial charge in [-0.2, -0.15) is 10.2 Å². The number of nitrogens with one attached hydrogen (secondary N) is 2. The van der Waals surface area contributed by atoms with E-state index in [2.05, 4.69) is 25.6 Å². The predicted molar refractivity (Wildman–Crippen MR) is 101 cm³/mol. The number of hydrogen-bond donors (Lipinski definition) is 2. The lowest BCUT2D eigenvalue weighted by molar-refractivity contribution is -0.00995. The Labute approximate surface area is 159 Å². The summed E-state index contributed by atoms with van der Waals surface area (Å²) in [7, 11) is 1.71. The molecule has 4 aromatic rings. The molecule has 0 bridgehead atoms. The molecular formula is C19H18FN7O. The van der Waals surface area contributed by atoms with Gasteiger partial charge in [-0.05, 0) is 26.0 Å². The molecule has 0 saturated carbocycles. The van der Waals surface area contributed by atoms with Crippen molar-refractivity contribution in [1.29, 1.82) is 0 Å². The van der Waals surface area contributed by atoms with E-state index in [9.17, 15) is 4.39 Å². The van der Waals surface area contributed by atoms with Gasteiger partial charge in [-0.3, -0.25) is 9.78 Å². The number of fused-ring (bicyclic) bond motifs is 2. The van der Waals surface area contributed by atoms with E-state index in [1.165, 1.54) is 10.7 Å². The summed E-state index contributed by atoms with van der Waals surface area (Å²) in [5.74, 6) is 1.33. The van der Waals surface area contributed by atoms with Gasteiger partial charge in [0.2, 0.25) is 0 Å². The lowest BCUT2D eigenvalue weighted by Crippen LogP contribution is -2.17. The molecule has 0 atom stereocenters. The van der Waals surface area contributed by atoms with Crippen LogP contribution in [-0.4, -0.2) is 29.9 Å². The van der Waals surface area contributed by atoms with Crippen LogP contribution in [0, 0.1) is 5.82 Å². The Bertz CT molecular complexity index is 1200.